The Kier molecular flexibility index (Phi) is 4.24. The predicted molar refractivity (Wildman–Crippen MR) is 95.6 cm³/mol. The number of benzene rings is 1. The fourth-order valence-corrected chi connectivity index (χ4v) is 4.19. The number of rotatable bonds is 4. The van der Waals surface area contributed by atoms with Crippen molar-refractivity contribution in [2.75, 3.05) is 0 Å². The van der Waals surface area contributed by atoms with E-state index in [-0.39, 0.29) is 5.56 Å². The van der Waals surface area contributed by atoms with Gasteiger partial charge in [-0.25, -0.2) is 4.98 Å². The smallest absolute Gasteiger partial charge is 0.267 e. The summed E-state index contributed by atoms with van der Waals surface area (Å²) in [6.45, 7) is 1.79. The molecule has 0 unspecified atom stereocenters. The number of thioether (sulfide) groups is 1. The Morgan fingerprint density at radius 1 is 1.32 bits per heavy atom. The van der Waals surface area contributed by atoms with Gasteiger partial charge in [-0.05, 0) is 35.5 Å². The van der Waals surface area contributed by atoms with Crippen molar-refractivity contribution in [1.82, 2.24) is 34.8 Å². The molecule has 0 aliphatic carbocycles. The molecule has 0 atom stereocenters. The lowest BCUT2D eigenvalue weighted by molar-refractivity contribution is 0.756. The molecule has 8 nitrogen and oxygen atoms in total. The Morgan fingerprint density at radius 2 is 2.20 bits per heavy atom. The summed E-state index contributed by atoms with van der Waals surface area (Å²) in [6, 6.07) is 8.74. The Labute approximate surface area is 154 Å². The summed E-state index contributed by atoms with van der Waals surface area (Å²) >= 11 is 8.82. The summed E-state index contributed by atoms with van der Waals surface area (Å²) in [6.07, 6.45) is 0. The highest BCUT2D eigenvalue weighted by molar-refractivity contribution is 7.98. The van der Waals surface area contributed by atoms with E-state index in [9.17, 15) is 4.79 Å². The maximum Gasteiger partial charge on any atom is 0.275 e. The number of nitrogens with zero attached hydrogens (tertiary/aromatic N) is 7. The zero-order chi connectivity index (χ0) is 17.4. The second-order valence-corrected chi connectivity index (χ2v) is 7.49. The largest absolute Gasteiger partial charge is 0.275 e. The van der Waals surface area contributed by atoms with E-state index < -0.39 is 0 Å². The van der Waals surface area contributed by atoms with Crippen LogP contribution in [0.5, 0.6) is 0 Å². The van der Waals surface area contributed by atoms with Crippen LogP contribution in [0.4, 0.5) is 0 Å². The van der Waals surface area contributed by atoms with E-state index in [1.807, 2.05) is 12.1 Å². The van der Waals surface area contributed by atoms with Gasteiger partial charge >= 0.3 is 0 Å². The summed E-state index contributed by atoms with van der Waals surface area (Å²) < 4.78 is 2.92. The maximum atomic E-state index is 11.9. The molecule has 0 amide bonds. The van der Waals surface area contributed by atoms with Crippen LogP contribution in [0.3, 0.4) is 0 Å². The van der Waals surface area contributed by atoms with Crippen LogP contribution in [0.15, 0.2) is 40.3 Å². The topological polar surface area (TPSA) is 90.9 Å². The van der Waals surface area contributed by atoms with Crippen molar-refractivity contribution in [2.45, 2.75) is 17.8 Å². The highest BCUT2D eigenvalue weighted by atomic mass is 35.5. The Morgan fingerprint density at radius 3 is 3.04 bits per heavy atom. The van der Waals surface area contributed by atoms with E-state index in [2.05, 4.69) is 25.6 Å². The Balaban J connectivity index is 1.60. The van der Waals surface area contributed by atoms with Crippen molar-refractivity contribution < 1.29 is 0 Å². The van der Waals surface area contributed by atoms with Crippen molar-refractivity contribution in [3.63, 3.8) is 0 Å². The SMILES string of the molecule is Cc1cc(=O)n2nc(CSc3nnnn3-c3cccc(Cl)c3)sc2n1. The molecular formula is C14H10ClN7OS2. The molecule has 4 rings (SSSR count). The first-order chi connectivity index (χ1) is 12.1. The highest BCUT2D eigenvalue weighted by Crippen LogP contribution is 2.25. The molecule has 0 aliphatic heterocycles. The lowest BCUT2D eigenvalue weighted by Crippen LogP contribution is -2.14. The van der Waals surface area contributed by atoms with Crippen molar-refractivity contribution in [3.05, 3.63) is 56.4 Å². The highest BCUT2D eigenvalue weighted by Gasteiger charge is 2.13. The van der Waals surface area contributed by atoms with Crippen molar-refractivity contribution >= 4 is 39.7 Å². The van der Waals surface area contributed by atoms with E-state index in [1.165, 1.54) is 33.7 Å². The van der Waals surface area contributed by atoms with E-state index in [1.54, 1.807) is 23.7 Å². The fraction of sp³-hybridized carbons (Fsp3) is 0.143. The maximum absolute atomic E-state index is 11.9. The van der Waals surface area contributed by atoms with Gasteiger partial charge in [0, 0.05) is 16.8 Å². The zero-order valence-electron chi connectivity index (χ0n) is 12.8. The van der Waals surface area contributed by atoms with Gasteiger partial charge in [-0.15, -0.1) is 5.10 Å². The minimum atomic E-state index is -0.182. The predicted octanol–water partition coefficient (Wildman–Crippen LogP) is 2.38. The lowest BCUT2D eigenvalue weighted by Gasteiger charge is -2.03. The van der Waals surface area contributed by atoms with E-state index in [4.69, 9.17) is 11.6 Å². The van der Waals surface area contributed by atoms with Gasteiger partial charge in [0.15, 0.2) is 0 Å². The van der Waals surface area contributed by atoms with E-state index >= 15 is 0 Å². The average molecular weight is 392 g/mol. The molecule has 0 saturated carbocycles. The molecule has 0 radical (unpaired) electrons. The Hall–Kier alpha value is -2.30. The van der Waals surface area contributed by atoms with Crippen LogP contribution in [0.25, 0.3) is 10.6 Å². The van der Waals surface area contributed by atoms with Crippen LogP contribution in [-0.4, -0.2) is 34.8 Å². The molecule has 0 N–H and O–H groups in total. The first kappa shape index (κ1) is 16.2. The van der Waals surface area contributed by atoms with Crippen LogP contribution in [0.1, 0.15) is 10.7 Å². The molecular weight excluding hydrogens is 382 g/mol. The fourth-order valence-electron chi connectivity index (χ4n) is 2.18. The summed E-state index contributed by atoms with van der Waals surface area (Å²) in [7, 11) is 0. The lowest BCUT2D eigenvalue weighted by atomic mass is 10.3. The van der Waals surface area contributed by atoms with Gasteiger partial charge < -0.3 is 0 Å². The summed E-state index contributed by atoms with van der Waals surface area (Å²) in [4.78, 5) is 16.8. The number of hydrogen-bond acceptors (Lipinski definition) is 8. The molecule has 0 fully saturated rings. The molecule has 3 heterocycles. The number of aromatic nitrogens is 7. The molecule has 0 spiro atoms. The van der Waals surface area contributed by atoms with Crippen LogP contribution in [0, 0.1) is 6.92 Å². The van der Waals surface area contributed by atoms with Gasteiger partial charge in [-0.2, -0.15) is 14.3 Å². The molecule has 25 heavy (non-hydrogen) atoms. The number of hydrogen-bond donors (Lipinski definition) is 0. The number of aryl methyl sites for hydroxylation is 1. The molecule has 1 aromatic carbocycles. The zero-order valence-corrected chi connectivity index (χ0v) is 15.2. The van der Waals surface area contributed by atoms with Crippen LogP contribution >= 0.6 is 34.7 Å². The van der Waals surface area contributed by atoms with Gasteiger partial charge in [0.2, 0.25) is 10.1 Å². The first-order valence-electron chi connectivity index (χ1n) is 7.14. The van der Waals surface area contributed by atoms with Gasteiger partial charge in [-0.1, -0.05) is 40.8 Å². The Bertz CT molecular complexity index is 1120. The van der Waals surface area contributed by atoms with Crippen molar-refractivity contribution in [3.8, 4) is 5.69 Å². The summed E-state index contributed by atoms with van der Waals surface area (Å²) in [5.41, 5.74) is 1.27. The molecule has 11 heteroatoms. The monoisotopic (exact) mass is 391 g/mol. The van der Waals surface area contributed by atoms with E-state index in [0.717, 1.165) is 10.7 Å². The number of halogens is 1. The quantitative estimate of drug-likeness (QED) is 0.493. The minimum Gasteiger partial charge on any atom is -0.267 e. The summed E-state index contributed by atoms with van der Waals surface area (Å²) in [5.74, 6) is 0.521. The third-order valence-corrected chi connectivity index (χ3v) is 5.49. The normalized spacial score (nSPS) is 11.3. The second kappa shape index (κ2) is 6.54. The van der Waals surface area contributed by atoms with Crippen molar-refractivity contribution in [1.29, 1.82) is 0 Å². The van der Waals surface area contributed by atoms with Gasteiger partial charge in [0.25, 0.3) is 5.56 Å². The molecule has 0 saturated heterocycles. The van der Waals surface area contributed by atoms with Crippen LogP contribution in [0.2, 0.25) is 5.02 Å². The number of tetrazole rings is 1. The minimum absolute atomic E-state index is 0.182. The first-order valence-corrected chi connectivity index (χ1v) is 9.32. The van der Waals surface area contributed by atoms with Gasteiger partial charge in [0.05, 0.1) is 11.4 Å². The molecule has 0 bridgehead atoms. The molecule has 126 valence electrons. The standard InChI is InChI=1S/C14H10ClN7OS2/c1-8-5-12(23)22-13(16-8)25-11(18-22)7-24-14-17-19-20-21(14)10-4-2-3-9(15)6-10/h2-6H,7H2,1H3. The third-order valence-electron chi connectivity index (χ3n) is 3.23. The molecule has 0 aliphatic rings. The van der Waals surface area contributed by atoms with Gasteiger partial charge in [0.1, 0.15) is 5.01 Å². The second-order valence-electron chi connectivity index (χ2n) is 5.07. The van der Waals surface area contributed by atoms with E-state index in [0.29, 0.717) is 26.6 Å². The van der Waals surface area contributed by atoms with Gasteiger partial charge in [-0.3, -0.25) is 4.79 Å². The van der Waals surface area contributed by atoms with Crippen molar-refractivity contribution in [2.24, 2.45) is 0 Å². The summed E-state index contributed by atoms with van der Waals surface area (Å²) in [5, 5.41) is 18.1. The number of fused-ring (bicyclic) bond motifs is 1. The van der Waals surface area contributed by atoms with Crippen LogP contribution < -0.4 is 5.56 Å². The average Bonchev–Trinajstić information content (AvgIpc) is 3.19. The molecule has 3 aromatic heterocycles. The van der Waals surface area contributed by atoms with Crippen LogP contribution in [-0.2, 0) is 5.75 Å². The third kappa shape index (κ3) is 3.28. The molecule has 4 aromatic rings.